The topological polar surface area (TPSA) is 42.0 Å². The van der Waals surface area contributed by atoms with E-state index in [1.807, 2.05) is 19.2 Å². The number of pyridine rings is 1. The molecule has 0 bridgehead atoms. The van der Waals surface area contributed by atoms with Gasteiger partial charge < -0.3 is 5.32 Å². The Morgan fingerprint density at radius 3 is 2.84 bits per heavy atom. The largest absolute Gasteiger partial charge is 0.348 e. The van der Waals surface area contributed by atoms with Crippen LogP contribution in [0.4, 0.5) is 0 Å². The summed E-state index contributed by atoms with van der Waals surface area (Å²) in [5.74, 6) is -0.121. The van der Waals surface area contributed by atoms with Crippen LogP contribution in [0.1, 0.15) is 34.1 Å². The molecule has 0 saturated heterocycles. The normalized spacial score (nSPS) is 10.5. The highest BCUT2D eigenvalue weighted by Crippen LogP contribution is 2.14. The van der Waals surface area contributed by atoms with E-state index in [1.54, 1.807) is 23.5 Å². The van der Waals surface area contributed by atoms with Gasteiger partial charge in [0.2, 0.25) is 0 Å². The van der Waals surface area contributed by atoms with Crippen LogP contribution in [0.3, 0.4) is 0 Å². The van der Waals surface area contributed by atoms with E-state index in [1.165, 1.54) is 5.56 Å². The van der Waals surface area contributed by atoms with E-state index in [0.717, 1.165) is 17.7 Å². The fraction of sp³-hybridized carbons (Fsp3) is 0.286. The third-order valence-electron chi connectivity index (χ3n) is 2.87. The van der Waals surface area contributed by atoms with Crippen LogP contribution in [0.5, 0.6) is 0 Å². The highest BCUT2D eigenvalue weighted by Gasteiger charge is 2.09. The van der Waals surface area contributed by atoms with Crippen molar-refractivity contribution in [2.45, 2.75) is 26.8 Å². The molecule has 0 unspecified atom stereocenters. The Morgan fingerprint density at radius 2 is 2.21 bits per heavy atom. The molecule has 0 aromatic carbocycles. The van der Waals surface area contributed by atoms with Gasteiger partial charge in [0.1, 0.15) is 5.15 Å². The van der Waals surface area contributed by atoms with Gasteiger partial charge in [0, 0.05) is 17.8 Å². The maximum absolute atomic E-state index is 12.1. The van der Waals surface area contributed by atoms with Crippen molar-refractivity contribution in [2.75, 3.05) is 0 Å². The third kappa shape index (κ3) is 3.55. The molecule has 0 atom stereocenters. The van der Waals surface area contributed by atoms with Crippen LogP contribution in [0.15, 0.2) is 22.9 Å². The Bertz CT molecular complexity index is 595. The number of aryl methyl sites for hydroxylation is 2. The Labute approximate surface area is 121 Å². The average Bonchev–Trinajstić information content (AvgIpc) is 2.80. The summed E-state index contributed by atoms with van der Waals surface area (Å²) in [6.45, 7) is 4.56. The molecule has 1 N–H and O–H groups in total. The van der Waals surface area contributed by atoms with Crippen LogP contribution >= 0.6 is 22.9 Å². The number of hydrogen-bond donors (Lipinski definition) is 1. The summed E-state index contributed by atoms with van der Waals surface area (Å²) >= 11 is 7.55. The van der Waals surface area contributed by atoms with Crippen molar-refractivity contribution in [1.82, 2.24) is 10.3 Å². The van der Waals surface area contributed by atoms with Crippen LogP contribution in [0, 0.1) is 6.92 Å². The first kappa shape index (κ1) is 14.0. The fourth-order valence-corrected chi connectivity index (χ4v) is 2.79. The molecule has 1 amide bonds. The lowest BCUT2D eigenvalue weighted by molar-refractivity contribution is 0.0950. The predicted octanol–water partition coefficient (Wildman–Crippen LogP) is 3.60. The van der Waals surface area contributed by atoms with E-state index in [2.05, 4.69) is 15.7 Å². The minimum absolute atomic E-state index is 0.121. The Hall–Kier alpha value is -1.39. The fourth-order valence-electron chi connectivity index (χ4n) is 1.71. The smallest absolute Gasteiger partial charge is 0.251 e. The van der Waals surface area contributed by atoms with Crippen LogP contribution in [-0.4, -0.2) is 10.9 Å². The number of amides is 1. The van der Waals surface area contributed by atoms with Gasteiger partial charge in [-0.1, -0.05) is 18.5 Å². The zero-order valence-corrected chi connectivity index (χ0v) is 12.4. The summed E-state index contributed by atoms with van der Waals surface area (Å²) in [5, 5.41) is 7.38. The molecule has 0 radical (unpaired) electrons. The van der Waals surface area contributed by atoms with Gasteiger partial charge in [-0.05, 0) is 47.4 Å². The highest BCUT2D eigenvalue weighted by atomic mass is 35.5. The van der Waals surface area contributed by atoms with Gasteiger partial charge in [-0.15, -0.1) is 0 Å². The molecule has 5 heteroatoms. The SMILES string of the molecule is CCc1cc(C(=O)NCc2cscc2C)cc(Cl)n1. The molecule has 3 nitrogen and oxygen atoms in total. The molecule has 100 valence electrons. The molecule has 0 aliphatic heterocycles. The molecule has 2 rings (SSSR count). The molecule has 0 spiro atoms. The van der Waals surface area contributed by atoms with Gasteiger partial charge in [-0.2, -0.15) is 11.3 Å². The predicted molar refractivity (Wildman–Crippen MR) is 78.9 cm³/mol. The standard InChI is InChI=1S/C14H15ClN2OS/c1-3-12-4-10(5-13(15)17-12)14(18)16-6-11-8-19-7-9(11)2/h4-5,7-8H,3,6H2,1-2H3,(H,16,18). The molecule has 0 aliphatic rings. The van der Waals surface area contributed by atoms with E-state index < -0.39 is 0 Å². The monoisotopic (exact) mass is 294 g/mol. The number of hydrogen-bond acceptors (Lipinski definition) is 3. The first-order valence-corrected chi connectivity index (χ1v) is 7.38. The maximum atomic E-state index is 12.1. The first-order valence-electron chi connectivity index (χ1n) is 6.06. The lowest BCUT2D eigenvalue weighted by atomic mass is 10.2. The summed E-state index contributed by atoms with van der Waals surface area (Å²) in [6.07, 6.45) is 0.754. The minimum Gasteiger partial charge on any atom is -0.348 e. The van der Waals surface area contributed by atoms with Gasteiger partial charge in [-0.3, -0.25) is 4.79 Å². The van der Waals surface area contributed by atoms with Gasteiger partial charge >= 0.3 is 0 Å². The molecule has 2 heterocycles. The number of nitrogens with zero attached hydrogens (tertiary/aromatic N) is 1. The van der Waals surface area contributed by atoms with Crippen molar-refractivity contribution in [3.05, 3.63) is 50.4 Å². The van der Waals surface area contributed by atoms with Crippen molar-refractivity contribution in [2.24, 2.45) is 0 Å². The Morgan fingerprint density at radius 1 is 1.42 bits per heavy atom. The molecule has 2 aromatic rings. The molecule has 0 aliphatic carbocycles. The zero-order valence-electron chi connectivity index (χ0n) is 10.9. The van der Waals surface area contributed by atoms with Crippen molar-refractivity contribution in [3.8, 4) is 0 Å². The number of rotatable bonds is 4. The molecule has 0 fully saturated rings. The van der Waals surface area contributed by atoms with Crippen molar-refractivity contribution in [3.63, 3.8) is 0 Å². The Kier molecular flexibility index (Phi) is 4.56. The van der Waals surface area contributed by atoms with Crippen LogP contribution < -0.4 is 5.32 Å². The summed E-state index contributed by atoms with van der Waals surface area (Å²) in [4.78, 5) is 16.2. The quantitative estimate of drug-likeness (QED) is 0.876. The molecule has 2 aromatic heterocycles. The third-order valence-corrected chi connectivity index (χ3v) is 3.98. The zero-order chi connectivity index (χ0) is 13.8. The molecular formula is C14H15ClN2OS. The van der Waals surface area contributed by atoms with Gasteiger partial charge in [0.15, 0.2) is 0 Å². The average molecular weight is 295 g/mol. The van der Waals surface area contributed by atoms with Crippen molar-refractivity contribution in [1.29, 1.82) is 0 Å². The van der Waals surface area contributed by atoms with E-state index in [-0.39, 0.29) is 5.91 Å². The van der Waals surface area contributed by atoms with Crippen molar-refractivity contribution < 1.29 is 4.79 Å². The minimum atomic E-state index is -0.121. The second-order valence-electron chi connectivity index (χ2n) is 4.29. The number of carbonyl (C=O) groups excluding carboxylic acids is 1. The summed E-state index contributed by atoms with van der Waals surface area (Å²) in [7, 11) is 0. The molecular weight excluding hydrogens is 280 g/mol. The van der Waals surface area contributed by atoms with E-state index in [0.29, 0.717) is 17.3 Å². The van der Waals surface area contributed by atoms with E-state index >= 15 is 0 Å². The molecule has 0 saturated carbocycles. The Balaban J connectivity index is 2.08. The lowest BCUT2D eigenvalue weighted by Crippen LogP contribution is -2.23. The second kappa shape index (κ2) is 6.17. The number of halogens is 1. The van der Waals surface area contributed by atoms with E-state index in [4.69, 9.17) is 11.6 Å². The number of thiophene rings is 1. The highest BCUT2D eigenvalue weighted by molar-refractivity contribution is 7.08. The van der Waals surface area contributed by atoms with Gasteiger partial charge in [0.05, 0.1) is 0 Å². The van der Waals surface area contributed by atoms with Crippen LogP contribution in [-0.2, 0) is 13.0 Å². The number of aromatic nitrogens is 1. The van der Waals surface area contributed by atoms with Gasteiger partial charge in [0.25, 0.3) is 5.91 Å². The first-order chi connectivity index (χ1) is 9.10. The summed E-state index contributed by atoms with van der Waals surface area (Å²) in [5.41, 5.74) is 3.73. The number of carbonyl (C=O) groups is 1. The maximum Gasteiger partial charge on any atom is 0.251 e. The van der Waals surface area contributed by atoms with Crippen molar-refractivity contribution >= 4 is 28.8 Å². The van der Waals surface area contributed by atoms with Crippen LogP contribution in [0.2, 0.25) is 5.15 Å². The number of nitrogens with one attached hydrogen (secondary N) is 1. The lowest BCUT2D eigenvalue weighted by Gasteiger charge is -2.07. The van der Waals surface area contributed by atoms with Gasteiger partial charge in [-0.25, -0.2) is 4.98 Å². The molecule has 19 heavy (non-hydrogen) atoms. The van der Waals surface area contributed by atoms with Crippen LogP contribution in [0.25, 0.3) is 0 Å². The summed E-state index contributed by atoms with van der Waals surface area (Å²) < 4.78 is 0. The second-order valence-corrected chi connectivity index (χ2v) is 5.42. The van der Waals surface area contributed by atoms with E-state index in [9.17, 15) is 4.79 Å². The summed E-state index contributed by atoms with van der Waals surface area (Å²) in [6, 6.07) is 3.37.